The summed E-state index contributed by atoms with van der Waals surface area (Å²) in [7, 11) is 0. The summed E-state index contributed by atoms with van der Waals surface area (Å²) in [6.07, 6.45) is -4.68. The number of halogens is 3. The minimum atomic E-state index is -4.68. The number of benzene rings is 3. The van der Waals surface area contributed by atoms with E-state index in [0.717, 1.165) is 16.8 Å². The average molecular weight is 466 g/mol. The Hall–Kier alpha value is -3.94. The predicted octanol–water partition coefficient (Wildman–Crippen LogP) is 6.37. The lowest BCUT2D eigenvalue weighted by Gasteiger charge is -2.19. The first-order valence-electron chi connectivity index (χ1n) is 10.5. The first kappa shape index (κ1) is 23.2. The Labute approximate surface area is 193 Å². The highest BCUT2D eigenvalue weighted by molar-refractivity contribution is 6.05. The average Bonchev–Trinajstić information content (AvgIpc) is 3.17. The molecular formula is C26H21F3N2O3. The van der Waals surface area contributed by atoms with Crippen LogP contribution in [-0.4, -0.2) is 27.3 Å². The maximum atomic E-state index is 13.5. The van der Waals surface area contributed by atoms with E-state index < -0.39 is 34.8 Å². The molecule has 174 valence electrons. The third kappa shape index (κ3) is 4.57. The normalized spacial score (nSPS) is 12.1. The van der Waals surface area contributed by atoms with Crippen molar-refractivity contribution in [1.29, 1.82) is 0 Å². The molecule has 1 heterocycles. The van der Waals surface area contributed by atoms with Crippen molar-refractivity contribution in [3.63, 3.8) is 0 Å². The first-order valence-corrected chi connectivity index (χ1v) is 10.5. The number of ether oxygens (including phenoxy) is 1. The van der Waals surface area contributed by atoms with E-state index in [2.05, 4.69) is 5.10 Å². The number of hydrogen-bond acceptors (Lipinski definition) is 4. The zero-order valence-electron chi connectivity index (χ0n) is 18.7. The van der Waals surface area contributed by atoms with Crippen LogP contribution in [-0.2, 0) is 10.9 Å². The van der Waals surface area contributed by atoms with Gasteiger partial charge in [-0.15, -0.1) is 0 Å². The van der Waals surface area contributed by atoms with Gasteiger partial charge in [-0.2, -0.15) is 23.0 Å². The second-order valence-electron chi connectivity index (χ2n) is 8.71. The van der Waals surface area contributed by atoms with Crippen LogP contribution < -0.4 is 0 Å². The van der Waals surface area contributed by atoms with Crippen LogP contribution in [0.1, 0.15) is 47.1 Å². The minimum Gasteiger partial charge on any atom is -0.456 e. The molecule has 3 aromatic carbocycles. The van der Waals surface area contributed by atoms with E-state index in [-0.39, 0.29) is 0 Å². The highest BCUT2D eigenvalue weighted by Crippen LogP contribution is 2.34. The second-order valence-corrected chi connectivity index (χ2v) is 8.71. The molecule has 1 aromatic heterocycles. The molecule has 0 spiro atoms. The SMILES string of the molecule is CC(C)(C)OC(=O)c1ccc(-c2nn(C(=O)c3ccccc3C(F)(F)F)c3ccccc23)cc1. The van der Waals surface area contributed by atoms with Crippen LogP contribution in [0.2, 0.25) is 0 Å². The molecule has 0 saturated carbocycles. The van der Waals surface area contributed by atoms with Crippen LogP contribution in [0.5, 0.6) is 0 Å². The highest BCUT2D eigenvalue weighted by Gasteiger charge is 2.35. The molecule has 0 fully saturated rings. The quantitative estimate of drug-likeness (QED) is 0.330. The number of carbonyl (C=O) groups excluding carboxylic acids is 2. The Bertz CT molecular complexity index is 1380. The summed E-state index contributed by atoms with van der Waals surface area (Å²) < 4.78 is 46.8. The van der Waals surface area contributed by atoms with Crippen molar-refractivity contribution in [3.05, 3.63) is 89.5 Å². The lowest BCUT2D eigenvalue weighted by Crippen LogP contribution is -2.23. The Morgan fingerprint density at radius 1 is 0.853 bits per heavy atom. The molecule has 4 aromatic rings. The summed E-state index contributed by atoms with van der Waals surface area (Å²) in [6, 6.07) is 17.9. The smallest absolute Gasteiger partial charge is 0.417 e. The van der Waals surface area contributed by atoms with E-state index in [1.165, 1.54) is 12.1 Å². The van der Waals surface area contributed by atoms with Gasteiger partial charge in [-0.1, -0.05) is 42.5 Å². The third-order valence-corrected chi connectivity index (χ3v) is 5.04. The summed E-state index contributed by atoms with van der Waals surface area (Å²) in [5.41, 5.74) is -0.438. The summed E-state index contributed by atoms with van der Waals surface area (Å²) in [5.74, 6) is -1.37. The molecule has 0 aliphatic rings. The molecule has 0 bridgehead atoms. The van der Waals surface area contributed by atoms with Crippen LogP contribution in [0.25, 0.3) is 22.2 Å². The Balaban J connectivity index is 1.77. The van der Waals surface area contributed by atoms with Crippen LogP contribution in [0.15, 0.2) is 72.8 Å². The fourth-order valence-corrected chi connectivity index (χ4v) is 3.57. The maximum Gasteiger partial charge on any atom is 0.417 e. The number of hydrogen-bond donors (Lipinski definition) is 0. The molecule has 0 aliphatic heterocycles. The van der Waals surface area contributed by atoms with Gasteiger partial charge >= 0.3 is 12.1 Å². The van der Waals surface area contributed by atoms with Gasteiger partial charge in [0.25, 0.3) is 5.91 Å². The third-order valence-electron chi connectivity index (χ3n) is 5.04. The first-order chi connectivity index (χ1) is 16.0. The number of fused-ring (bicyclic) bond motifs is 1. The van der Waals surface area contributed by atoms with Crippen molar-refractivity contribution in [3.8, 4) is 11.3 Å². The van der Waals surface area contributed by atoms with Crippen molar-refractivity contribution in [2.75, 3.05) is 0 Å². The van der Waals surface area contributed by atoms with Gasteiger partial charge in [0.2, 0.25) is 0 Å². The number of rotatable bonds is 3. The molecule has 34 heavy (non-hydrogen) atoms. The fourth-order valence-electron chi connectivity index (χ4n) is 3.57. The molecule has 0 unspecified atom stereocenters. The van der Waals surface area contributed by atoms with Gasteiger partial charge in [-0.3, -0.25) is 4.79 Å². The number of carbonyl (C=O) groups is 2. The largest absolute Gasteiger partial charge is 0.456 e. The number of aromatic nitrogens is 2. The van der Waals surface area contributed by atoms with Crippen LogP contribution >= 0.6 is 0 Å². The molecule has 0 saturated heterocycles. The van der Waals surface area contributed by atoms with E-state index >= 15 is 0 Å². The topological polar surface area (TPSA) is 61.2 Å². The Kier molecular flexibility index (Phi) is 5.77. The van der Waals surface area contributed by atoms with Gasteiger partial charge in [0.15, 0.2) is 0 Å². The Morgan fingerprint density at radius 3 is 2.12 bits per heavy atom. The standard InChI is InChI=1S/C26H21F3N2O3/c1-25(2,3)34-24(33)17-14-12-16(13-15-17)22-19-9-5-7-11-21(19)31(30-22)23(32)18-8-4-6-10-20(18)26(27,28)29/h4-15H,1-3H3. The summed E-state index contributed by atoms with van der Waals surface area (Å²) in [5, 5.41) is 4.96. The highest BCUT2D eigenvalue weighted by atomic mass is 19.4. The lowest BCUT2D eigenvalue weighted by molar-refractivity contribution is -0.137. The lowest BCUT2D eigenvalue weighted by atomic mass is 10.1. The van der Waals surface area contributed by atoms with Gasteiger partial charge in [-0.25, -0.2) is 4.79 Å². The molecule has 0 atom stereocenters. The summed E-state index contributed by atoms with van der Waals surface area (Å²) in [4.78, 5) is 25.5. The maximum absolute atomic E-state index is 13.5. The van der Waals surface area contributed by atoms with E-state index in [9.17, 15) is 22.8 Å². The Morgan fingerprint density at radius 2 is 1.47 bits per heavy atom. The molecule has 0 N–H and O–H groups in total. The van der Waals surface area contributed by atoms with Crippen LogP contribution in [0, 0.1) is 0 Å². The van der Waals surface area contributed by atoms with E-state index in [1.54, 1.807) is 69.3 Å². The molecule has 0 radical (unpaired) electrons. The van der Waals surface area contributed by atoms with Crippen molar-refractivity contribution in [2.45, 2.75) is 32.5 Å². The van der Waals surface area contributed by atoms with Gasteiger partial charge in [-0.05, 0) is 51.1 Å². The molecule has 0 aliphatic carbocycles. The van der Waals surface area contributed by atoms with Crippen molar-refractivity contribution in [2.24, 2.45) is 0 Å². The zero-order chi connectivity index (χ0) is 24.7. The predicted molar refractivity (Wildman–Crippen MR) is 122 cm³/mol. The van der Waals surface area contributed by atoms with Gasteiger partial charge in [0.1, 0.15) is 11.3 Å². The van der Waals surface area contributed by atoms with Crippen LogP contribution in [0.3, 0.4) is 0 Å². The second kappa shape index (κ2) is 8.44. The fraction of sp³-hybridized carbons (Fsp3) is 0.192. The number of para-hydroxylation sites is 1. The van der Waals surface area contributed by atoms with E-state index in [4.69, 9.17) is 4.74 Å². The summed E-state index contributed by atoms with van der Waals surface area (Å²) in [6.45, 7) is 5.31. The van der Waals surface area contributed by atoms with Crippen molar-refractivity contribution < 1.29 is 27.5 Å². The molecular weight excluding hydrogens is 445 g/mol. The molecule has 4 rings (SSSR count). The summed E-state index contributed by atoms with van der Waals surface area (Å²) >= 11 is 0. The number of esters is 1. The van der Waals surface area contributed by atoms with E-state index in [0.29, 0.717) is 27.7 Å². The van der Waals surface area contributed by atoms with E-state index in [1.807, 2.05) is 0 Å². The minimum absolute atomic E-state index is 0.345. The van der Waals surface area contributed by atoms with Gasteiger partial charge in [0.05, 0.1) is 22.2 Å². The molecule has 8 heteroatoms. The number of alkyl halides is 3. The van der Waals surface area contributed by atoms with Gasteiger partial charge in [0, 0.05) is 10.9 Å². The van der Waals surface area contributed by atoms with Gasteiger partial charge < -0.3 is 4.74 Å². The monoisotopic (exact) mass is 466 g/mol. The van der Waals surface area contributed by atoms with Crippen molar-refractivity contribution >= 4 is 22.8 Å². The number of nitrogens with zero attached hydrogens (tertiary/aromatic N) is 2. The van der Waals surface area contributed by atoms with Crippen LogP contribution in [0.4, 0.5) is 13.2 Å². The van der Waals surface area contributed by atoms with Crippen molar-refractivity contribution in [1.82, 2.24) is 9.78 Å². The zero-order valence-corrected chi connectivity index (χ0v) is 18.7. The molecule has 5 nitrogen and oxygen atoms in total. The molecule has 0 amide bonds.